The highest BCUT2D eigenvalue weighted by Gasteiger charge is 2.59. The summed E-state index contributed by atoms with van der Waals surface area (Å²) in [6.07, 6.45) is 17.8. The number of ketones is 1. The van der Waals surface area contributed by atoms with Crippen LogP contribution < -0.4 is 0 Å². The number of hydrogen-bond donors (Lipinski definition) is 0. The van der Waals surface area contributed by atoms with Crippen LogP contribution in [0.5, 0.6) is 0 Å². The molecule has 0 saturated heterocycles. The predicted molar refractivity (Wildman–Crippen MR) is 131 cm³/mol. The van der Waals surface area contributed by atoms with Crippen molar-refractivity contribution in [1.29, 1.82) is 0 Å². The Morgan fingerprint density at radius 1 is 1.10 bits per heavy atom. The predicted octanol–water partition coefficient (Wildman–Crippen LogP) is 8.36. The van der Waals surface area contributed by atoms with Crippen LogP contribution in [-0.4, -0.2) is 11.1 Å². The molecule has 0 radical (unpaired) electrons. The molecule has 0 aromatic heterocycles. The lowest BCUT2D eigenvalue weighted by atomic mass is 9.46. The van der Waals surface area contributed by atoms with Crippen molar-refractivity contribution in [3.05, 3.63) is 11.6 Å². The maximum atomic E-state index is 12.1. The third-order valence-corrected chi connectivity index (χ3v) is 11.4. The number of halogens is 1. The molecular formula is C28H45BrO. The lowest BCUT2D eigenvalue weighted by Gasteiger charge is -2.58. The first kappa shape index (κ1) is 23.1. The van der Waals surface area contributed by atoms with Crippen molar-refractivity contribution >= 4 is 21.7 Å². The minimum atomic E-state index is 0.319. The monoisotopic (exact) mass is 476 g/mol. The fourth-order valence-electron chi connectivity index (χ4n) is 8.90. The second kappa shape index (κ2) is 9.03. The zero-order valence-electron chi connectivity index (χ0n) is 20.0. The highest BCUT2D eigenvalue weighted by Crippen LogP contribution is 2.67. The van der Waals surface area contributed by atoms with E-state index in [0.29, 0.717) is 16.6 Å². The second-order valence-corrected chi connectivity index (χ2v) is 12.7. The topological polar surface area (TPSA) is 17.1 Å². The summed E-state index contributed by atoms with van der Waals surface area (Å²) < 4.78 is 0. The number of carbonyl (C=O) groups is 1. The van der Waals surface area contributed by atoms with Crippen LogP contribution in [0.3, 0.4) is 0 Å². The Hall–Kier alpha value is -0.110. The Morgan fingerprint density at radius 3 is 2.63 bits per heavy atom. The summed E-state index contributed by atoms with van der Waals surface area (Å²) in [5.74, 6) is 5.66. The Bertz CT molecular complexity index is 668. The van der Waals surface area contributed by atoms with E-state index in [9.17, 15) is 4.79 Å². The van der Waals surface area contributed by atoms with Crippen molar-refractivity contribution in [2.45, 2.75) is 105 Å². The average Bonchev–Trinajstić information content (AvgIpc) is 3.08. The van der Waals surface area contributed by atoms with E-state index in [2.05, 4.69) is 49.7 Å². The van der Waals surface area contributed by atoms with Crippen LogP contribution in [0.25, 0.3) is 0 Å². The molecule has 4 rings (SSSR count). The van der Waals surface area contributed by atoms with Gasteiger partial charge in [-0.2, -0.15) is 0 Å². The summed E-state index contributed by atoms with van der Waals surface area (Å²) in [5, 5.41) is 1.19. The quantitative estimate of drug-likeness (QED) is 0.337. The first-order chi connectivity index (χ1) is 14.3. The van der Waals surface area contributed by atoms with Crippen LogP contribution in [0.15, 0.2) is 11.6 Å². The first-order valence-electron chi connectivity index (χ1n) is 13.1. The highest BCUT2D eigenvalue weighted by molar-refractivity contribution is 9.09. The molecule has 8 atom stereocenters. The maximum absolute atomic E-state index is 12.1. The lowest BCUT2D eigenvalue weighted by Crippen LogP contribution is -2.51. The number of rotatable bonds is 7. The molecule has 0 spiro atoms. The number of alkyl halides is 1. The summed E-state index contributed by atoms with van der Waals surface area (Å²) >= 11 is 3.95. The fourth-order valence-corrected chi connectivity index (χ4v) is 9.61. The molecular weight excluding hydrogens is 432 g/mol. The van der Waals surface area contributed by atoms with Crippen LogP contribution >= 0.6 is 15.9 Å². The van der Waals surface area contributed by atoms with Gasteiger partial charge >= 0.3 is 0 Å². The number of hydrogen-bond acceptors (Lipinski definition) is 1. The molecule has 0 heterocycles. The Kier molecular flexibility index (Phi) is 6.94. The van der Waals surface area contributed by atoms with Crippen molar-refractivity contribution < 1.29 is 4.79 Å². The van der Waals surface area contributed by atoms with E-state index in [-0.39, 0.29) is 0 Å². The molecule has 170 valence electrons. The molecule has 30 heavy (non-hydrogen) atoms. The standard InChI is InChI=1S/C28H45BrO/c1-5-6-7-19(2)16-20(18-29)24-10-11-25-23-9-8-21-17-22(30)12-14-27(21,3)26(23)13-15-28(24,25)4/h17,19-20,23-26H,5-16,18H2,1-4H3/t19-,20-,23?,24?,25?,26?,27+,28-/m1/s1. The van der Waals surface area contributed by atoms with Crippen molar-refractivity contribution in [3.8, 4) is 0 Å². The summed E-state index contributed by atoms with van der Waals surface area (Å²) in [4.78, 5) is 12.1. The van der Waals surface area contributed by atoms with E-state index in [4.69, 9.17) is 0 Å². The molecule has 0 aliphatic heterocycles. The average molecular weight is 478 g/mol. The molecule has 4 aliphatic carbocycles. The summed E-state index contributed by atoms with van der Waals surface area (Å²) in [6, 6.07) is 0. The van der Waals surface area contributed by atoms with Crippen LogP contribution in [0.1, 0.15) is 105 Å². The summed E-state index contributed by atoms with van der Waals surface area (Å²) in [5.41, 5.74) is 2.38. The molecule has 4 unspecified atom stereocenters. The van der Waals surface area contributed by atoms with E-state index in [0.717, 1.165) is 48.3 Å². The van der Waals surface area contributed by atoms with Gasteiger partial charge in [0.2, 0.25) is 0 Å². The highest BCUT2D eigenvalue weighted by atomic mass is 79.9. The fraction of sp³-hybridized carbons (Fsp3) is 0.893. The smallest absolute Gasteiger partial charge is 0.155 e. The first-order valence-corrected chi connectivity index (χ1v) is 14.3. The van der Waals surface area contributed by atoms with Crippen LogP contribution in [0.4, 0.5) is 0 Å². The minimum absolute atomic E-state index is 0.319. The van der Waals surface area contributed by atoms with Gasteiger partial charge in [-0.1, -0.05) is 68.5 Å². The van der Waals surface area contributed by atoms with Gasteiger partial charge in [0.15, 0.2) is 5.78 Å². The van der Waals surface area contributed by atoms with E-state index in [1.165, 1.54) is 75.1 Å². The number of allylic oxidation sites excluding steroid dienone is 1. The molecule has 3 fully saturated rings. The Morgan fingerprint density at radius 2 is 1.90 bits per heavy atom. The maximum Gasteiger partial charge on any atom is 0.155 e. The van der Waals surface area contributed by atoms with E-state index >= 15 is 0 Å². The van der Waals surface area contributed by atoms with Gasteiger partial charge in [-0.25, -0.2) is 0 Å². The van der Waals surface area contributed by atoms with Crippen LogP contribution in [0, 0.1) is 46.3 Å². The third kappa shape index (κ3) is 3.90. The molecule has 4 aliphatic rings. The molecule has 0 aromatic carbocycles. The summed E-state index contributed by atoms with van der Waals surface area (Å²) in [7, 11) is 0. The van der Waals surface area contributed by atoms with Gasteiger partial charge in [0.1, 0.15) is 0 Å². The Balaban J connectivity index is 1.51. The van der Waals surface area contributed by atoms with Crippen LogP contribution in [-0.2, 0) is 4.79 Å². The molecule has 3 saturated carbocycles. The van der Waals surface area contributed by atoms with Crippen molar-refractivity contribution in [3.63, 3.8) is 0 Å². The zero-order chi connectivity index (χ0) is 21.5. The van der Waals surface area contributed by atoms with E-state index in [1.807, 2.05) is 0 Å². The molecule has 0 amide bonds. The minimum Gasteiger partial charge on any atom is -0.295 e. The molecule has 2 heteroatoms. The Labute approximate surface area is 194 Å². The zero-order valence-corrected chi connectivity index (χ0v) is 21.6. The van der Waals surface area contributed by atoms with Gasteiger partial charge in [0, 0.05) is 11.8 Å². The van der Waals surface area contributed by atoms with Gasteiger partial charge in [0.25, 0.3) is 0 Å². The van der Waals surface area contributed by atoms with Gasteiger partial charge in [-0.05, 0) is 104 Å². The number of fused-ring (bicyclic) bond motifs is 5. The second-order valence-electron chi connectivity index (χ2n) is 12.1. The van der Waals surface area contributed by atoms with E-state index in [1.54, 1.807) is 0 Å². The van der Waals surface area contributed by atoms with Gasteiger partial charge in [-0.3, -0.25) is 4.79 Å². The lowest BCUT2D eigenvalue weighted by molar-refractivity contribution is -0.117. The van der Waals surface area contributed by atoms with Crippen molar-refractivity contribution in [2.75, 3.05) is 5.33 Å². The SMILES string of the molecule is CCCC[C@@H](C)C[C@H](CBr)C1CCC2C3CCC4=CC(=O)CC[C@]4(C)C3CC[C@@]21C. The molecule has 0 bridgehead atoms. The summed E-state index contributed by atoms with van der Waals surface area (Å²) in [6.45, 7) is 10.0. The number of carbonyl (C=O) groups excluding carboxylic acids is 1. The number of unbranched alkanes of at least 4 members (excludes halogenated alkanes) is 1. The van der Waals surface area contributed by atoms with E-state index < -0.39 is 0 Å². The van der Waals surface area contributed by atoms with Crippen molar-refractivity contribution in [1.82, 2.24) is 0 Å². The van der Waals surface area contributed by atoms with Crippen molar-refractivity contribution in [2.24, 2.45) is 46.3 Å². The van der Waals surface area contributed by atoms with Gasteiger partial charge in [-0.15, -0.1) is 0 Å². The van der Waals surface area contributed by atoms with Gasteiger partial charge in [0.05, 0.1) is 0 Å². The molecule has 0 N–H and O–H groups in total. The normalized spacial score (nSPS) is 42.7. The largest absolute Gasteiger partial charge is 0.295 e. The third-order valence-electron chi connectivity index (χ3n) is 10.6. The van der Waals surface area contributed by atoms with Crippen LogP contribution in [0.2, 0.25) is 0 Å². The van der Waals surface area contributed by atoms with Gasteiger partial charge < -0.3 is 0 Å². The molecule has 0 aromatic rings. The molecule has 1 nitrogen and oxygen atoms in total.